The van der Waals surface area contributed by atoms with Gasteiger partial charge in [0.1, 0.15) is 10.7 Å². The van der Waals surface area contributed by atoms with Crippen LogP contribution >= 0.6 is 0 Å². The number of nitrogens with zero attached hydrogens (tertiary/aromatic N) is 5. The molecule has 6 rings (SSSR count). The van der Waals surface area contributed by atoms with Gasteiger partial charge in [-0.1, -0.05) is 36.4 Å². The van der Waals surface area contributed by atoms with Crippen LogP contribution in [-0.2, 0) is 9.84 Å². The number of carbonyl (C=O) groups is 1. The van der Waals surface area contributed by atoms with Gasteiger partial charge < -0.3 is 10.6 Å². The van der Waals surface area contributed by atoms with E-state index in [2.05, 4.69) is 10.1 Å². The van der Waals surface area contributed by atoms with Crippen molar-refractivity contribution in [3.63, 3.8) is 0 Å². The molecule has 2 unspecified atom stereocenters. The minimum atomic E-state index is -3.74. The van der Waals surface area contributed by atoms with Gasteiger partial charge in [0.15, 0.2) is 15.5 Å². The maximum absolute atomic E-state index is 12.9. The van der Waals surface area contributed by atoms with Crippen molar-refractivity contribution in [1.29, 1.82) is 0 Å². The van der Waals surface area contributed by atoms with E-state index in [4.69, 9.17) is 10.7 Å². The molecule has 3 atom stereocenters. The van der Waals surface area contributed by atoms with E-state index in [1.165, 1.54) is 4.52 Å². The molecule has 2 amide bonds. The third-order valence-electron chi connectivity index (χ3n) is 7.63. The van der Waals surface area contributed by atoms with Gasteiger partial charge in [0.05, 0.1) is 17.6 Å². The fourth-order valence-electron chi connectivity index (χ4n) is 6.00. The number of sulfone groups is 1. The molecule has 11 nitrogen and oxygen atoms in total. The molecule has 1 aromatic carbocycles. The number of hydroxylamine groups is 1. The topological polar surface area (TPSA) is 156 Å². The number of nitrogens with one attached hydrogen (secondary N) is 1. The summed E-state index contributed by atoms with van der Waals surface area (Å²) < 4.78 is 27.2. The van der Waals surface area contributed by atoms with Crippen molar-refractivity contribution >= 4 is 27.3 Å². The first-order chi connectivity index (χ1) is 18.3. The summed E-state index contributed by atoms with van der Waals surface area (Å²) in [5.41, 5.74) is 12.3. The van der Waals surface area contributed by atoms with Crippen LogP contribution in [0, 0.1) is 0 Å². The summed E-state index contributed by atoms with van der Waals surface area (Å²) in [6.45, 7) is 0. The van der Waals surface area contributed by atoms with Gasteiger partial charge in [0, 0.05) is 47.1 Å². The molecule has 2 bridgehead atoms. The standard InChI is InChI=1S/C26H27N7O4S/c1-38(36,37)23-22(17-11-18-8-9-19(12-17)32(18)26(34)31-35)30-25-20(14-29-33(25)24(23)27)16-7-10-21(28-13-16)15-5-3-2-4-6-15/h2-7,10,13-14,17-19,35H,8-9,11-12,27H2,1H3,(H,31,34)/t17?,18-,19?/m0/s1. The quantitative estimate of drug-likeness (QED) is 0.267. The van der Waals surface area contributed by atoms with Crippen LogP contribution in [0.15, 0.2) is 59.8 Å². The molecular formula is C26H27N7O4S. The number of pyridine rings is 1. The zero-order chi connectivity index (χ0) is 26.6. The summed E-state index contributed by atoms with van der Waals surface area (Å²) in [5.74, 6) is -0.218. The summed E-state index contributed by atoms with van der Waals surface area (Å²) in [7, 11) is -3.74. The Morgan fingerprint density at radius 3 is 2.37 bits per heavy atom. The molecule has 2 aliphatic heterocycles. The first-order valence-corrected chi connectivity index (χ1v) is 14.3. The van der Waals surface area contributed by atoms with E-state index in [1.807, 2.05) is 42.5 Å². The van der Waals surface area contributed by atoms with Crippen LogP contribution < -0.4 is 11.2 Å². The highest BCUT2D eigenvalue weighted by molar-refractivity contribution is 7.91. The summed E-state index contributed by atoms with van der Waals surface area (Å²) in [5, 5.41) is 13.5. The molecule has 5 heterocycles. The molecule has 3 aromatic heterocycles. The van der Waals surface area contributed by atoms with Crippen molar-refractivity contribution in [3.8, 4) is 22.4 Å². The van der Waals surface area contributed by atoms with Crippen molar-refractivity contribution in [3.05, 3.63) is 60.6 Å². The van der Waals surface area contributed by atoms with Gasteiger partial charge >= 0.3 is 6.03 Å². The van der Waals surface area contributed by atoms with Gasteiger partial charge in [-0.15, -0.1) is 0 Å². The van der Waals surface area contributed by atoms with Crippen molar-refractivity contribution < 1.29 is 18.4 Å². The highest BCUT2D eigenvalue weighted by Crippen LogP contribution is 2.45. The molecule has 4 N–H and O–H groups in total. The van der Waals surface area contributed by atoms with Gasteiger partial charge in [0.25, 0.3) is 0 Å². The average molecular weight is 534 g/mol. The normalized spacial score (nSPS) is 21.1. The second-order valence-corrected chi connectivity index (χ2v) is 11.9. The number of anilines is 1. The highest BCUT2D eigenvalue weighted by Gasteiger charge is 2.45. The Labute approximate surface area is 219 Å². The fraction of sp³-hybridized carbons (Fsp3) is 0.308. The third-order valence-corrected chi connectivity index (χ3v) is 8.79. The molecule has 12 heteroatoms. The van der Waals surface area contributed by atoms with Gasteiger partial charge in [-0.3, -0.25) is 10.2 Å². The smallest absolute Gasteiger partial charge is 0.341 e. The first-order valence-electron chi connectivity index (χ1n) is 12.4. The molecule has 196 valence electrons. The fourth-order valence-corrected chi connectivity index (χ4v) is 7.06. The number of aromatic nitrogens is 4. The molecule has 0 radical (unpaired) electrons. The minimum absolute atomic E-state index is 0.00972. The van der Waals surface area contributed by atoms with E-state index in [1.54, 1.807) is 22.8 Å². The van der Waals surface area contributed by atoms with Crippen molar-refractivity contribution in [2.24, 2.45) is 0 Å². The lowest BCUT2D eigenvalue weighted by Crippen LogP contribution is -2.49. The van der Waals surface area contributed by atoms with E-state index in [0.29, 0.717) is 29.7 Å². The second kappa shape index (κ2) is 9.07. The number of carbonyl (C=O) groups excluding carboxylic acids is 1. The summed E-state index contributed by atoms with van der Waals surface area (Å²) >= 11 is 0. The van der Waals surface area contributed by atoms with Crippen molar-refractivity contribution in [1.82, 2.24) is 30.0 Å². The first kappa shape index (κ1) is 24.3. The number of amides is 2. The zero-order valence-electron chi connectivity index (χ0n) is 20.7. The number of nitrogens with two attached hydrogens (primary N) is 1. The molecule has 0 saturated carbocycles. The summed E-state index contributed by atoms with van der Waals surface area (Å²) in [6.07, 6.45) is 7.07. The van der Waals surface area contributed by atoms with E-state index in [9.17, 15) is 18.4 Å². The van der Waals surface area contributed by atoms with E-state index < -0.39 is 15.9 Å². The predicted octanol–water partition coefficient (Wildman–Crippen LogP) is 3.25. The number of nitrogen functional groups attached to an aromatic ring is 1. The number of hydrogen-bond acceptors (Lipinski definition) is 8. The van der Waals surface area contributed by atoms with Crippen LogP contribution in [0.2, 0.25) is 0 Å². The molecule has 2 saturated heterocycles. The SMILES string of the molecule is CS(=O)(=O)c1c(C2CC3CC[C@@H](C2)N3C(=O)NO)nc2c(-c3ccc(-c4ccccc4)nc3)cnn2c1N. The zero-order valence-corrected chi connectivity index (χ0v) is 21.5. The maximum Gasteiger partial charge on any atom is 0.341 e. The average Bonchev–Trinajstić information content (AvgIpc) is 3.46. The second-order valence-electron chi connectivity index (χ2n) is 9.95. The van der Waals surface area contributed by atoms with Crippen molar-refractivity contribution in [2.75, 3.05) is 12.0 Å². The molecule has 0 spiro atoms. The molecule has 4 aromatic rings. The number of hydrogen-bond donors (Lipinski definition) is 3. The van der Waals surface area contributed by atoms with Crippen LogP contribution in [0.1, 0.15) is 37.3 Å². The third kappa shape index (κ3) is 3.96. The summed E-state index contributed by atoms with van der Waals surface area (Å²) in [4.78, 5) is 23.3. The summed E-state index contributed by atoms with van der Waals surface area (Å²) in [6, 6.07) is 12.9. The lowest BCUT2D eigenvalue weighted by Gasteiger charge is -2.38. The van der Waals surface area contributed by atoms with Gasteiger partial charge in [0.2, 0.25) is 0 Å². The van der Waals surface area contributed by atoms with Crippen LogP contribution in [0.25, 0.3) is 28.0 Å². The van der Waals surface area contributed by atoms with Gasteiger partial charge in [-0.25, -0.2) is 23.7 Å². The van der Waals surface area contributed by atoms with Gasteiger partial charge in [-0.2, -0.15) is 9.61 Å². The van der Waals surface area contributed by atoms with E-state index >= 15 is 0 Å². The number of urea groups is 1. The van der Waals surface area contributed by atoms with Crippen LogP contribution in [0.3, 0.4) is 0 Å². The molecule has 38 heavy (non-hydrogen) atoms. The Hall–Kier alpha value is -4.03. The maximum atomic E-state index is 12.9. The Morgan fingerprint density at radius 2 is 1.76 bits per heavy atom. The number of benzene rings is 1. The molecular weight excluding hydrogens is 506 g/mol. The molecule has 2 fully saturated rings. The van der Waals surface area contributed by atoms with Gasteiger partial charge in [-0.05, 0) is 31.7 Å². The van der Waals surface area contributed by atoms with E-state index in [0.717, 1.165) is 35.9 Å². The van der Waals surface area contributed by atoms with Crippen molar-refractivity contribution in [2.45, 2.75) is 48.6 Å². The Kier molecular flexibility index (Phi) is 5.80. The lowest BCUT2D eigenvalue weighted by atomic mass is 9.88. The largest absolute Gasteiger partial charge is 0.382 e. The Morgan fingerprint density at radius 1 is 1.05 bits per heavy atom. The Balaban J connectivity index is 1.44. The number of piperidine rings is 1. The molecule has 0 aliphatic carbocycles. The van der Waals surface area contributed by atoms with Crippen LogP contribution in [0.4, 0.5) is 10.6 Å². The Bertz CT molecular complexity index is 1620. The van der Waals surface area contributed by atoms with E-state index in [-0.39, 0.29) is 28.7 Å². The monoisotopic (exact) mass is 533 g/mol. The number of fused-ring (bicyclic) bond motifs is 3. The molecule has 2 aliphatic rings. The highest BCUT2D eigenvalue weighted by atomic mass is 32.2. The van der Waals surface area contributed by atoms with Crippen LogP contribution in [-0.4, -0.2) is 62.5 Å². The number of rotatable bonds is 4. The predicted molar refractivity (Wildman–Crippen MR) is 140 cm³/mol. The minimum Gasteiger partial charge on any atom is -0.382 e. The van der Waals surface area contributed by atoms with Crippen LogP contribution in [0.5, 0.6) is 0 Å². The lowest BCUT2D eigenvalue weighted by molar-refractivity contribution is 0.0929.